The van der Waals surface area contributed by atoms with Crippen LogP contribution in [-0.4, -0.2) is 52.3 Å². The number of benzene rings is 1. The molecule has 150 valence electrons. The Hall–Kier alpha value is -2.60. The lowest BCUT2D eigenvalue weighted by Gasteiger charge is -2.35. The van der Waals surface area contributed by atoms with Crippen molar-refractivity contribution in [3.8, 4) is 0 Å². The largest absolute Gasteiger partial charge is 0.361 e. The average Bonchev–Trinajstić information content (AvgIpc) is 3.53. The number of para-hydroxylation sites is 1. The Labute approximate surface area is 174 Å². The number of nitrogens with zero attached hydrogens (tertiary/aromatic N) is 2. The van der Waals surface area contributed by atoms with Crippen LogP contribution in [0.25, 0.3) is 10.9 Å². The third kappa shape index (κ3) is 3.35. The molecule has 0 spiro atoms. The van der Waals surface area contributed by atoms with E-state index in [1.54, 1.807) is 4.90 Å². The van der Waals surface area contributed by atoms with E-state index in [2.05, 4.69) is 35.4 Å². The van der Waals surface area contributed by atoms with Gasteiger partial charge in [-0.2, -0.15) is 0 Å². The van der Waals surface area contributed by atoms with Crippen LogP contribution in [-0.2, 0) is 4.79 Å². The van der Waals surface area contributed by atoms with Crippen molar-refractivity contribution < 1.29 is 9.59 Å². The zero-order valence-corrected chi connectivity index (χ0v) is 17.2. The van der Waals surface area contributed by atoms with Crippen LogP contribution in [0.15, 0.2) is 48.0 Å². The summed E-state index contributed by atoms with van der Waals surface area (Å²) >= 11 is 1.45. The summed E-state index contributed by atoms with van der Waals surface area (Å²) < 4.78 is 0. The van der Waals surface area contributed by atoms with E-state index in [1.807, 2.05) is 22.4 Å². The molecular weight excluding hydrogens is 382 g/mol. The summed E-state index contributed by atoms with van der Waals surface area (Å²) in [6.45, 7) is 2.21. The number of hydrogen-bond acceptors (Lipinski definition) is 3. The monoisotopic (exact) mass is 407 g/mol. The molecule has 29 heavy (non-hydrogen) atoms. The van der Waals surface area contributed by atoms with Gasteiger partial charge in [0.15, 0.2) is 0 Å². The van der Waals surface area contributed by atoms with Crippen LogP contribution in [0.4, 0.5) is 0 Å². The topological polar surface area (TPSA) is 56.4 Å². The van der Waals surface area contributed by atoms with Crippen molar-refractivity contribution in [3.63, 3.8) is 0 Å². The van der Waals surface area contributed by atoms with Gasteiger partial charge in [0.1, 0.15) is 6.04 Å². The van der Waals surface area contributed by atoms with Crippen molar-refractivity contribution in [2.45, 2.75) is 37.6 Å². The molecule has 0 bridgehead atoms. The smallest absolute Gasteiger partial charge is 0.264 e. The van der Waals surface area contributed by atoms with Gasteiger partial charge in [-0.25, -0.2) is 0 Å². The standard InChI is InChI=1S/C23H25N3O2S/c27-22(20-7-3-11-26(20)23(28)21-8-4-14-29-21)25-12-9-16(10-13-25)18-15-24-19-6-2-1-5-17(18)19/h1-2,4-6,8,14-16,20,24H,3,7,9-13H2. The Balaban J connectivity index is 1.26. The minimum Gasteiger partial charge on any atom is -0.361 e. The van der Waals surface area contributed by atoms with Gasteiger partial charge in [0.2, 0.25) is 5.91 Å². The maximum Gasteiger partial charge on any atom is 0.264 e. The average molecular weight is 408 g/mol. The van der Waals surface area contributed by atoms with E-state index in [9.17, 15) is 9.59 Å². The number of rotatable bonds is 3. The summed E-state index contributed by atoms with van der Waals surface area (Å²) in [5.74, 6) is 0.608. The van der Waals surface area contributed by atoms with Crippen LogP contribution < -0.4 is 0 Å². The fourth-order valence-corrected chi connectivity index (χ4v) is 5.54. The number of aromatic nitrogens is 1. The van der Waals surface area contributed by atoms with Crippen LogP contribution in [0.3, 0.4) is 0 Å². The molecule has 3 aromatic rings. The lowest BCUT2D eigenvalue weighted by Crippen LogP contribution is -2.49. The molecule has 0 radical (unpaired) electrons. The summed E-state index contributed by atoms with van der Waals surface area (Å²) in [5.41, 5.74) is 2.54. The van der Waals surface area contributed by atoms with Crippen molar-refractivity contribution in [1.29, 1.82) is 0 Å². The van der Waals surface area contributed by atoms with Crippen molar-refractivity contribution in [2.24, 2.45) is 0 Å². The first-order valence-electron chi connectivity index (χ1n) is 10.4. The summed E-state index contributed by atoms with van der Waals surface area (Å²) in [4.78, 5) is 33.9. The number of fused-ring (bicyclic) bond motifs is 1. The minimum absolute atomic E-state index is 0.00419. The van der Waals surface area contributed by atoms with Crippen molar-refractivity contribution in [1.82, 2.24) is 14.8 Å². The number of carbonyl (C=O) groups is 2. The first kappa shape index (κ1) is 18.4. The molecule has 1 aromatic carbocycles. The van der Waals surface area contributed by atoms with Crippen molar-refractivity contribution in [2.75, 3.05) is 19.6 Å². The normalized spacial score (nSPS) is 20.5. The van der Waals surface area contributed by atoms with Gasteiger partial charge in [0.25, 0.3) is 5.91 Å². The highest BCUT2D eigenvalue weighted by Gasteiger charge is 2.38. The zero-order chi connectivity index (χ0) is 19.8. The number of hydrogen-bond donors (Lipinski definition) is 1. The quantitative estimate of drug-likeness (QED) is 0.706. The second-order valence-corrected chi connectivity index (χ2v) is 8.97. The predicted octanol–water partition coefficient (Wildman–Crippen LogP) is 4.24. The molecule has 5 nitrogen and oxygen atoms in total. The van der Waals surface area contributed by atoms with Gasteiger partial charge >= 0.3 is 0 Å². The fraction of sp³-hybridized carbons (Fsp3) is 0.391. The third-order valence-corrected chi connectivity index (χ3v) is 7.26. The first-order valence-corrected chi connectivity index (χ1v) is 11.3. The molecule has 2 fully saturated rings. The van der Waals surface area contributed by atoms with Gasteiger partial charge in [0.05, 0.1) is 4.88 Å². The molecule has 1 atom stereocenters. The Morgan fingerprint density at radius 2 is 1.83 bits per heavy atom. The number of amides is 2. The van der Waals surface area contributed by atoms with E-state index in [4.69, 9.17) is 0 Å². The molecule has 6 heteroatoms. The van der Waals surface area contributed by atoms with E-state index < -0.39 is 0 Å². The first-order chi connectivity index (χ1) is 14.2. The van der Waals surface area contributed by atoms with Crippen LogP contribution >= 0.6 is 11.3 Å². The molecule has 2 aromatic heterocycles. The van der Waals surface area contributed by atoms with Gasteiger partial charge in [-0.05, 0) is 54.7 Å². The molecule has 1 unspecified atom stereocenters. The van der Waals surface area contributed by atoms with Gasteiger partial charge < -0.3 is 14.8 Å². The summed E-state index contributed by atoms with van der Waals surface area (Å²) in [6, 6.07) is 11.9. The highest BCUT2D eigenvalue weighted by molar-refractivity contribution is 7.12. The number of piperidine rings is 1. The molecule has 4 heterocycles. The number of H-pyrrole nitrogens is 1. The molecule has 2 aliphatic rings. The summed E-state index contributed by atoms with van der Waals surface area (Å²) in [5, 5.41) is 3.20. The molecule has 0 saturated carbocycles. The lowest BCUT2D eigenvalue weighted by molar-refractivity contribution is -0.136. The number of nitrogens with one attached hydrogen (secondary N) is 1. The van der Waals surface area contributed by atoms with E-state index >= 15 is 0 Å². The maximum atomic E-state index is 13.2. The number of likely N-dealkylation sites (tertiary alicyclic amines) is 2. The molecule has 2 amide bonds. The Bertz CT molecular complexity index is 1020. The van der Waals surface area contributed by atoms with Crippen molar-refractivity contribution >= 4 is 34.1 Å². The van der Waals surface area contributed by atoms with Gasteiger partial charge in [-0.1, -0.05) is 24.3 Å². The highest BCUT2D eigenvalue weighted by atomic mass is 32.1. The molecular formula is C23H25N3O2S. The Morgan fingerprint density at radius 1 is 1.00 bits per heavy atom. The fourth-order valence-electron chi connectivity index (χ4n) is 4.86. The van der Waals surface area contributed by atoms with Gasteiger partial charge in [-0.15, -0.1) is 11.3 Å². The van der Waals surface area contributed by atoms with E-state index in [0.29, 0.717) is 12.5 Å². The highest BCUT2D eigenvalue weighted by Crippen LogP contribution is 2.34. The molecule has 2 saturated heterocycles. The van der Waals surface area contributed by atoms with Gasteiger partial charge in [-0.3, -0.25) is 9.59 Å². The van der Waals surface area contributed by atoms with Crippen LogP contribution in [0.2, 0.25) is 0 Å². The van der Waals surface area contributed by atoms with Gasteiger partial charge in [0, 0.05) is 36.7 Å². The predicted molar refractivity (Wildman–Crippen MR) is 115 cm³/mol. The van der Waals surface area contributed by atoms with E-state index in [0.717, 1.165) is 43.6 Å². The number of carbonyl (C=O) groups excluding carboxylic acids is 2. The number of aromatic amines is 1. The number of thiophene rings is 1. The second-order valence-electron chi connectivity index (χ2n) is 8.02. The van der Waals surface area contributed by atoms with Crippen LogP contribution in [0, 0.1) is 0 Å². The van der Waals surface area contributed by atoms with E-state index in [1.165, 1.54) is 27.8 Å². The SMILES string of the molecule is O=C(C1CCCN1C(=O)c1cccs1)N1CCC(c2c[nH]c3ccccc23)CC1. The zero-order valence-electron chi connectivity index (χ0n) is 16.3. The van der Waals surface area contributed by atoms with Crippen LogP contribution in [0.5, 0.6) is 0 Å². The molecule has 2 aliphatic heterocycles. The Morgan fingerprint density at radius 3 is 2.62 bits per heavy atom. The molecule has 1 N–H and O–H groups in total. The summed E-state index contributed by atoms with van der Waals surface area (Å²) in [6.07, 6.45) is 5.75. The summed E-state index contributed by atoms with van der Waals surface area (Å²) in [7, 11) is 0. The van der Waals surface area contributed by atoms with Crippen molar-refractivity contribution in [3.05, 3.63) is 58.4 Å². The molecule has 0 aliphatic carbocycles. The maximum absolute atomic E-state index is 13.2. The Kier molecular flexibility index (Phi) is 4.87. The molecule has 5 rings (SSSR count). The lowest BCUT2D eigenvalue weighted by atomic mass is 9.89. The minimum atomic E-state index is -0.297. The van der Waals surface area contributed by atoms with E-state index in [-0.39, 0.29) is 17.9 Å². The van der Waals surface area contributed by atoms with Crippen LogP contribution in [0.1, 0.15) is 46.8 Å². The third-order valence-electron chi connectivity index (χ3n) is 6.40. The second kappa shape index (κ2) is 7.67.